The minimum Gasteiger partial charge on any atom is -0.465 e. The van der Waals surface area contributed by atoms with Crippen LogP contribution in [-0.4, -0.2) is 50.2 Å². The van der Waals surface area contributed by atoms with Crippen LogP contribution in [0.5, 0.6) is 0 Å². The highest BCUT2D eigenvalue weighted by molar-refractivity contribution is 5.96. The van der Waals surface area contributed by atoms with Crippen molar-refractivity contribution < 1.29 is 13.9 Å². The number of piperazine rings is 1. The molecule has 2 N–H and O–H groups in total. The molecule has 1 heterocycles. The van der Waals surface area contributed by atoms with Crippen molar-refractivity contribution in [3.8, 4) is 0 Å². The molecule has 1 saturated heterocycles. The van der Waals surface area contributed by atoms with Gasteiger partial charge in [0.1, 0.15) is 5.82 Å². The monoisotopic (exact) mass is 295 g/mol. The van der Waals surface area contributed by atoms with Gasteiger partial charge in [-0.1, -0.05) is 0 Å². The maximum atomic E-state index is 14.2. The normalized spacial score (nSPS) is 18.6. The fourth-order valence-electron chi connectivity index (χ4n) is 2.55. The summed E-state index contributed by atoms with van der Waals surface area (Å²) in [6.07, 6.45) is 0. The number of rotatable bonds is 2. The average Bonchev–Trinajstić information content (AvgIpc) is 2.41. The summed E-state index contributed by atoms with van der Waals surface area (Å²) < 4.78 is 18.9. The van der Waals surface area contributed by atoms with Crippen LogP contribution in [0.1, 0.15) is 24.2 Å². The fraction of sp³-hybridized carbons (Fsp3) is 0.533. The van der Waals surface area contributed by atoms with Gasteiger partial charge in [-0.2, -0.15) is 0 Å². The Hall–Kier alpha value is -1.82. The first-order valence-corrected chi connectivity index (χ1v) is 6.90. The molecule has 0 amide bonds. The summed E-state index contributed by atoms with van der Waals surface area (Å²) in [5.74, 6) is -0.970. The van der Waals surface area contributed by atoms with Crippen LogP contribution in [0.25, 0.3) is 0 Å². The summed E-state index contributed by atoms with van der Waals surface area (Å²) in [5.41, 5.74) is 6.32. The lowest BCUT2D eigenvalue weighted by Gasteiger charge is -2.46. The van der Waals surface area contributed by atoms with E-state index in [1.165, 1.54) is 19.2 Å². The number of halogens is 1. The van der Waals surface area contributed by atoms with Crippen LogP contribution in [0.2, 0.25) is 0 Å². The zero-order chi connectivity index (χ0) is 15.8. The number of carbonyl (C=O) groups excluding carboxylic acids is 1. The topological polar surface area (TPSA) is 58.8 Å². The molecule has 0 atom stereocenters. The highest BCUT2D eigenvalue weighted by Gasteiger charge is 2.32. The molecule has 21 heavy (non-hydrogen) atoms. The summed E-state index contributed by atoms with van der Waals surface area (Å²) in [6.45, 7) is 6.40. The Balaban J connectivity index is 2.38. The summed E-state index contributed by atoms with van der Waals surface area (Å²) in [5, 5.41) is 0. The lowest BCUT2D eigenvalue weighted by atomic mass is 9.98. The second-order valence-corrected chi connectivity index (χ2v) is 6.04. The number of methoxy groups -OCH3 is 1. The highest BCUT2D eigenvalue weighted by Crippen LogP contribution is 2.30. The lowest BCUT2D eigenvalue weighted by molar-refractivity contribution is 0.0602. The van der Waals surface area contributed by atoms with Crippen molar-refractivity contribution in [3.63, 3.8) is 0 Å². The molecule has 1 aromatic carbocycles. The van der Waals surface area contributed by atoms with Crippen molar-refractivity contribution in [1.29, 1.82) is 0 Å². The van der Waals surface area contributed by atoms with Crippen LogP contribution in [-0.2, 0) is 4.74 Å². The summed E-state index contributed by atoms with van der Waals surface area (Å²) in [7, 11) is 3.33. The Labute approximate surface area is 124 Å². The molecule has 2 rings (SSSR count). The Morgan fingerprint density at radius 2 is 2.05 bits per heavy atom. The van der Waals surface area contributed by atoms with Gasteiger partial charge in [-0.3, -0.25) is 4.90 Å². The zero-order valence-electron chi connectivity index (χ0n) is 12.9. The van der Waals surface area contributed by atoms with E-state index in [1.54, 1.807) is 0 Å². The van der Waals surface area contributed by atoms with Gasteiger partial charge in [0, 0.05) is 30.9 Å². The maximum Gasteiger partial charge on any atom is 0.340 e. The molecule has 1 fully saturated rings. The quantitative estimate of drug-likeness (QED) is 0.665. The van der Waals surface area contributed by atoms with E-state index in [-0.39, 0.29) is 16.8 Å². The third-order valence-corrected chi connectivity index (χ3v) is 4.18. The van der Waals surface area contributed by atoms with Gasteiger partial charge in [-0.25, -0.2) is 9.18 Å². The van der Waals surface area contributed by atoms with Crippen molar-refractivity contribution in [3.05, 3.63) is 23.5 Å². The molecule has 1 aromatic rings. The van der Waals surface area contributed by atoms with Crippen molar-refractivity contribution in [2.45, 2.75) is 19.4 Å². The van der Waals surface area contributed by atoms with E-state index in [1.807, 2.05) is 4.90 Å². The van der Waals surface area contributed by atoms with Crippen molar-refractivity contribution in [1.82, 2.24) is 4.90 Å². The van der Waals surface area contributed by atoms with Gasteiger partial charge in [-0.15, -0.1) is 0 Å². The van der Waals surface area contributed by atoms with Crippen LogP contribution in [0, 0.1) is 5.82 Å². The van der Waals surface area contributed by atoms with Crippen molar-refractivity contribution >= 4 is 17.3 Å². The molecule has 0 bridgehead atoms. The van der Waals surface area contributed by atoms with E-state index in [0.717, 1.165) is 6.54 Å². The Bertz CT molecular complexity index is 560. The third kappa shape index (κ3) is 2.95. The molecule has 116 valence electrons. The standard InChI is InChI=1S/C15H22FN3O2/c1-15(2)9-19(6-5-18(15)3)13-7-10(14(20)21-4)12(17)8-11(13)16/h7-8H,5-6,9,17H2,1-4H3. The first-order chi connectivity index (χ1) is 9.76. The van der Waals surface area contributed by atoms with Gasteiger partial charge in [-0.05, 0) is 33.0 Å². The first kappa shape index (κ1) is 15.6. The average molecular weight is 295 g/mol. The Kier molecular flexibility index (Phi) is 4.09. The van der Waals surface area contributed by atoms with Gasteiger partial charge in [0.2, 0.25) is 0 Å². The van der Waals surface area contributed by atoms with Crippen molar-refractivity contribution in [2.75, 3.05) is 44.4 Å². The van der Waals surface area contributed by atoms with Crippen molar-refractivity contribution in [2.24, 2.45) is 0 Å². The predicted octanol–water partition coefficient (Wildman–Crippen LogP) is 1.72. The molecule has 0 aliphatic carbocycles. The molecule has 1 aliphatic rings. The van der Waals surface area contributed by atoms with Gasteiger partial charge in [0.25, 0.3) is 0 Å². The highest BCUT2D eigenvalue weighted by atomic mass is 19.1. The number of ether oxygens (including phenoxy) is 1. The van der Waals surface area contributed by atoms with Gasteiger partial charge in [0.05, 0.1) is 18.4 Å². The van der Waals surface area contributed by atoms with Gasteiger partial charge >= 0.3 is 5.97 Å². The SMILES string of the molecule is COC(=O)c1cc(N2CCN(C)C(C)(C)C2)c(F)cc1N. The molecule has 5 nitrogen and oxygen atoms in total. The molecule has 6 heteroatoms. The number of anilines is 2. The van der Waals surface area contributed by atoms with E-state index < -0.39 is 11.8 Å². The van der Waals surface area contributed by atoms with Crippen LogP contribution in [0.15, 0.2) is 12.1 Å². The number of nitrogens with two attached hydrogens (primary N) is 1. The number of carbonyl (C=O) groups is 1. The van der Waals surface area contributed by atoms with E-state index >= 15 is 0 Å². The predicted molar refractivity (Wildman–Crippen MR) is 81.1 cm³/mol. The Morgan fingerprint density at radius 3 is 2.62 bits per heavy atom. The van der Waals surface area contributed by atoms with Crippen LogP contribution < -0.4 is 10.6 Å². The minimum atomic E-state index is -0.554. The van der Waals surface area contributed by atoms with Crippen LogP contribution in [0.4, 0.5) is 15.8 Å². The second kappa shape index (κ2) is 5.52. The Morgan fingerprint density at radius 1 is 1.38 bits per heavy atom. The number of nitrogen functional groups attached to an aromatic ring is 1. The van der Waals surface area contributed by atoms with E-state index in [4.69, 9.17) is 5.73 Å². The molecule has 0 aromatic heterocycles. The lowest BCUT2D eigenvalue weighted by Crippen LogP contribution is -2.57. The smallest absolute Gasteiger partial charge is 0.340 e. The van der Waals surface area contributed by atoms with E-state index in [9.17, 15) is 9.18 Å². The molecule has 1 aliphatic heterocycles. The minimum absolute atomic E-state index is 0.0719. The number of likely N-dealkylation sites (N-methyl/N-ethyl adjacent to an activating group) is 1. The summed E-state index contributed by atoms with van der Waals surface area (Å²) in [6, 6.07) is 2.67. The summed E-state index contributed by atoms with van der Waals surface area (Å²) in [4.78, 5) is 15.9. The second-order valence-electron chi connectivity index (χ2n) is 6.04. The number of nitrogens with zero attached hydrogens (tertiary/aromatic N) is 2. The number of hydrogen-bond acceptors (Lipinski definition) is 5. The van der Waals surface area contributed by atoms with Crippen LogP contribution >= 0.6 is 0 Å². The third-order valence-electron chi connectivity index (χ3n) is 4.18. The number of esters is 1. The van der Waals surface area contributed by atoms with Crippen LogP contribution in [0.3, 0.4) is 0 Å². The molecule has 0 unspecified atom stereocenters. The molecule has 0 radical (unpaired) electrons. The van der Waals surface area contributed by atoms with E-state index in [0.29, 0.717) is 18.8 Å². The number of hydrogen-bond donors (Lipinski definition) is 1. The molecule has 0 spiro atoms. The van der Waals surface area contributed by atoms with E-state index in [2.05, 4.69) is 30.5 Å². The molecule has 0 saturated carbocycles. The van der Waals surface area contributed by atoms with Gasteiger partial charge < -0.3 is 15.4 Å². The largest absolute Gasteiger partial charge is 0.465 e. The maximum absolute atomic E-state index is 14.2. The molecular formula is C15H22FN3O2. The zero-order valence-corrected chi connectivity index (χ0v) is 12.9. The number of benzene rings is 1. The molecular weight excluding hydrogens is 273 g/mol. The fourth-order valence-corrected chi connectivity index (χ4v) is 2.55. The van der Waals surface area contributed by atoms with Gasteiger partial charge in [0.15, 0.2) is 0 Å². The summed E-state index contributed by atoms with van der Waals surface area (Å²) >= 11 is 0. The first-order valence-electron chi connectivity index (χ1n) is 6.90.